The van der Waals surface area contributed by atoms with Gasteiger partial charge in [-0.2, -0.15) is 0 Å². The lowest BCUT2D eigenvalue weighted by Crippen LogP contribution is -1.47. The lowest BCUT2D eigenvalue weighted by Gasteiger charge is -1.73. The molecule has 0 bridgehead atoms. The van der Waals surface area contributed by atoms with E-state index in [-0.39, 0.29) is 0 Å². The molecule has 0 spiro atoms. The zero-order chi connectivity index (χ0) is 6.69. The first kappa shape index (κ1) is 6.63. The Morgan fingerprint density at radius 1 is 1.67 bits per heavy atom. The fourth-order valence-corrected chi connectivity index (χ4v) is 1.48. The minimum atomic E-state index is 0.802. The molecular weight excluding hydrogens is 152 g/mol. The van der Waals surface area contributed by atoms with Crippen molar-refractivity contribution in [2.45, 2.75) is 0 Å². The van der Waals surface area contributed by atoms with Crippen LogP contribution in [0.2, 0.25) is 4.34 Å². The van der Waals surface area contributed by atoms with Gasteiger partial charge in [0.05, 0.1) is 4.34 Å². The average molecular weight is 157 g/mol. The third-order valence-corrected chi connectivity index (χ3v) is 2.02. The normalized spacial score (nSPS) is 8.56. The summed E-state index contributed by atoms with van der Waals surface area (Å²) in [5.41, 5.74) is 2.67. The Labute approximate surface area is 63.1 Å². The maximum Gasteiger partial charge on any atom is 0.0934 e. The van der Waals surface area contributed by atoms with E-state index in [2.05, 4.69) is 12.3 Å². The second kappa shape index (κ2) is 2.88. The first-order valence-corrected chi connectivity index (χ1v) is 3.63. The maximum atomic E-state index is 5.65. The van der Waals surface area contributed by atoms with Crippen molar-refractivity contribution < 1.29 is 0 Å². The number of hydrogen-bond donors (Lipinski definition) is 0. The van der Waals surface area contributed by atoms with Gasteiger partial charge in [-0.3, -0.25) is 0 Å². The van der Waals surface area contributed by atoms with E-state index in [0.717, 1.165) is 9.21 Å². The summed E-state index contributed by atoms with van der Waals surface area (Å²) in [6, 6.07) is 3.79. The summed E-state index contributed by atoms with van der Waals surface area (Å²) in [5.74, 6) is 0. The zero-order valence-electron chi connectivity index (χ0n) is 4.73. The minimum absolute atomic E-state index is 0.802. The molecule has 1 aromatic rings. The molecule has 1 rings (SSSR count). The molecule has 0 atom stereocenters. The van der Waals surface area contributed by atoms with Crippen LogP contribution in [-0.2, 0) is 0 Å². The van der Waals surface area contributed by atoms with E-state index in [1.54, 1.807) is 6.08 Å². The van der Waals surface area contributed by atoms with Crippen molar-refractivity contribution in [3.63, 3.8) is 0 Å². The number of rotatable bonds is 1. The van der Waals surface area contributed by atoms with Crippen molar-refractivity contribution in [2.24, 2.45) is 0 Å². The molecule has 0 aromatic carbocycles. The van der Waals surface area contributed by atoms with E-state index in [1.807, 2.05) is 12.1 Å². The molecule has 0 fully saturated rings. The van der Waals surface area contributed by atoms with Crippen LogP contribution in [0.15, 0.2) is 24.4 Å². The van der Waals surface area contributed by atoms with Gasteiger partial charge < -0.3 is 0 Å². The van der Waals surface area contributed by atoms with Crippen LogP contribution in [0.25, 0.3) is 6.08 Å². The van der Waals surface area contributed by atoms with Crippen molar-refractivity contribution >= 4 is 29.0 Å². The van der Waals surface area contributed by atoms with Gasteiger partial charge in [0.2, 0.25) is 0 Å². The minimum Gasteiger partial charge on any atom is -0.127 e. The summed E-state index contributed by atoms with van der Waals surface area (Å²) in [7, 11) is 0. The maximum absolute atomic E-state index is 5.65. The van der Waals surface area contributed by atoms with Gasteiger partial charge in [0, 0.05) is 4.88 Å². The standard InChI is InChI=1S/C7H5ClS/c1-2-3-6-4-5-7(8)9-6/h3-5H,1H2. The van der Waals surface area contributed by atoms with Crippen LogP contribution in [0.1, 0.15) is 4.88 Å². The summed E-state index contributed by atoms with van der Waals surface area (Å²) in [5, 5.41) is 0. The Hall–Kier alpha value is -0.490. The van der Waals surface area contributed by atoms with E-state index in [0.29, 0.717) is 0 Å². The van der Waals surface area contributed by atoms with E-state index in [1.165, 1.54) is 11.3 Å². The molecule has 0 saturated heterocycles. The highest BCUT2D eigenvalue weighted by Gasteiger charge is 1.90. The van der Waals surface area contributed by atoms with Crippen LogP contribution in [0.3, 0.4) is 0 Å². The average Bonchev–Trinajstić information content (AvgIpc) is 2.17. The molecule has 0 nitrogen and oxygen atoms in total. The molecule has 1 aromatic heterocycles. The molecule has 1 heterocycles. The Morgan fingerprint density at radius 3 is 2.89 bits per heavy atom. The molecule has 0 unspecified atom stereocenters. The van der Waals surface area contributed by atoms with Gasteiger partial charge in [-0.05, 0) is 18.2 Å². The Bertz CT molecular complexity index is 243. The monoisotopic (exact) mass is 156 g/mol. The predicted octanol–water partition coefficient (Wildman–Crippen LogP) is 3.20. The third-order valence-electron chi connectivity index (χ3n) is 0.838. The second-order valence-electron chi connectivity index (χ2n) is 1.49. The summed E-state index contributed by atoms with van der Waals surface area (Å²) in [4.78, 5) is 1.09. The summed E-state index contributed by atoms with van der Waals surface area (Å²) in [6.45, 7) is 3.45. The molecule has 0 aliphatic carbocycles. The topological polar surface area (TPSA) is 0 Å². The van der Waals surface area contributed by atoms with Crippen LogP contribution in [0, 0.1) is 0 Å². The molecule has 0 N–H and O–H groups in total. The summed E-state index contributed by atoms with van der Waals surface area (Å²) >= 11 is 7.17. The summed E-state index contributed by atoms with van der Waals surface area (Å²) in [6.07, 6.45) is 1.80. The lowest BCUT2D eigenvalue weighted by atomic mass is 10.4. The van der Waals surface area contributed by atoms with E-state index in [9.17, 15) is 0 Å². The SMILES string of the molecule is C=C=Cc1ccc(Cl)s1. The van der Waals surface area contributed by atoms with Crippen LogP contribution in [-0.4, -0.2) is 0 Å². The van der Waals surface area contributed by atoms with Crippen LogP contribution < -0.4 is 0 Å². The van der Waals surface area contributed by atoms with Crippen LogP contribution in [0.5, 0.6) is 0 Å². The van der Waals surface area contributed by atoms with E-state index >= 15 is 0 Å². The zero-order valence-corrected chi connectivity index (χ0v) is 6.30. The van der Waals surface area contributed by atoms with E-state index in [4.69, 9.17) is 11.6 Å². The largest absolute Gasteiger partial charge is 0.127 e. The molecule has 2 heteroatoms. The highest BCUT2D eigenvalue weighted by molar-refractivity contribution is 7.16. The quantitative estimate of drug-likeness (QED) is 0.548. The Kier molecular flexibility index (Phi) is 2.12. The van der Waals surface area contributed by atoms with Crippen molar-refractivity contribution in [2.75, 3.05) is 0 Å². The van der Waals surface area contributed by atoms with Crippen molar-refractivity contribution in [3.8, 4) is 0 Å². The molecular formula is C7H5ClS. The molecule has 9 heavy (non-hydrogen) atoms. The van der Waals surface area contributed by atoms with Gasteiger partial charge in [-0.1, -0.05) is 18.2 Å². The number of halogens is 1. The predicted molar refractivity (Wildman–Crippen MR) is 42.9 cm³/mol. The number of hydrogen-bond acceptors (Lipinski definition) is 1. The van der Waals surface area contributed by atoms with Gasteiger partial charge in [-0.25, -0.2) is 0 Å². The fourth-order valence-electron chi connectivity index (χ4n) is 0.506. The third kappa shape index (κ3) is 1.72. The smallest absolute Gasteiger partial charge is 0.0934 e. The number of thiophene rings is 1. The molecule has 0 amide bonds. The van der Waals surface area contributed by atoms with Crippen molar-refractivity contribution in [1.29, 1.82) is 0 Å². The molecule has 0 saturated carbocycles. The van der Waals surface area contributed by atoms with E-state index < -0.39 is 0 Å². The van der Waals surface area contributed by atoms with Crippen molar-refractivity contribution in [3.05, 3.63) is 33.7 Å². The molecule has 0 aliphatic rings. The molecule has 0 radical (unpaired) electrons. The first-order valence-electron chi connectivity index (χ1n) is 2.44. The fraction of sp³-hybridized carbons (Fsp3) is 0. The lowest BCUT2D eigenvalue weighted by molar-refractivity contribution is 1.96. The molecule has 0 aliphatic heterocycles. The van der Waals surface area contributed by atoms with Gasteiger partial charge in [-0.15, -0.1) is 17.1 Å². The van der Waals surface area contributed by atoms with Crippen LogP contribution in [0.4, 0.5) is 0 Å². The Morgan fingerprint density at radius 2 is 2.44 bits per heavy atom. The highest BCUT2D eigenvalue weighted by atomic mass is 35.5. The van der Waals surface area contributed by atoms with Gasteiger partial charge in [0.25, 0.3) is 0 Å². The second-order valence-corrected chi connectivity index (χ2v) is 3.24. The highest BCUT2D eigenvalue weighted by Crippen LogP contribution is 2.21. The first-order chi connectivity index (χ1) is 4.33. The van der Waals surface area contributed by atoms with Crippen molar-refractivity contribution in [1.82, 2.24) is 0 Å². The summed E-state index contributed by atoms with van der Waals surface area (Å²) < 4.78 is 0.802. The van der Waals surface area contributed by atoms with Crippen LogP contribution >= 0.6 is 22.9 Å². The van der Waals surface area contributed by atoms with Gasteiger partial charge >= 0.3 is 0 Å². The molecule has 46 valence electrons. The van der Waals surface area contributed by atoms with Gasteiger partial charge in [0.1, 0.15) is 0 Å². The Balaban J connectivity index is 2.97. The van der Waals surface area contributed by atoms with Gasteiger partial charge in [0.15, 0.2) is 0 Å².